The Bertz CT molecular complexity index is 931. The van der Waals surface area contributed by atoms with Crippen LogP contribution in [0.2, 0.25) is 0 Å². The molecule has 0 aliphatic carbocycles. The Morgan fingerprint density at radius 1 is 1.10 bits per heavy atom. The van der Waals surface area contributed by atoms with Crippen molar-refractivity contribution in [1.29, 1.82) is 0 Å². The number of carbonyl (C=O) groups excluding carboxylic acids is 1. The lowest BCUT2D eigenvalue weighted by Gasteiger charge is -2.35. The monoisotopic (exact) mass is 411 g/mol. The molecule has 11 heteroatoms. The fourth-order valence-corrected chi connectivity index (χ4v) is 3.35. The summed E-state index contributed by atoms with van der Waals surface area (Å²) in [5, 5.41) is 9.48. The molecule has 0 saturated carbocycles. The summed E-state index contributed by atoms with van der Waals surface area (Å²) < 4.78 is 0. The van der Waals surface area contributed by atoms with Crippen LogP contribution in [0, 0.1) is 0 Å². The summed E-state index contributed by atoms with van der Waals surface area (Å²) in [7, 11) is 0. The third-order valence-electron chi connectivity index (χ3n) is 4.91. The van der Waals surface area contributed by atoms with Gasteiger partial charge in [0.2, 0.25) is 5.91 Å². The van der Waals surface area contributed by atoms with Gasteiger partial charge in [0.15, 0.2) is 11.5 Å². The van der Waals surface area contributed by atoms with E-state index in [0.717, 1.165) is 24.4 Å². The summed E-state index contributed by atoms with van der Waals surface area (Å²) in [6, 6.07) is 0. The van der Waals surface area contributed by atoms with Crippen LogP contribution in [0.4, 0.5) is 5.82 Å². The number of imidazole rings is 1. The molecule has 1 saturated heterocycles. The molecule has 30 heavy (non-hydrogen) atoms. The molecule has 1 fully saturated rings. The zero-order chi connectivity index (χ0) is 20.6. The number of aromatic amines is 1. The summed E-state index contributed by atoms with van der Waals surface area (Å²) in [5.41, 5.74) is 1.48. The summed E-state index contributed by atoms with van der Waals surface area (Å²) in [6.45, 7) is 4.25. The number of amides is 1. The second-order valence-corrected chi connectivity index (χ2v) is 6.91. The first-order valence-electron chi connectivity index (χ1n) is 10.1. The number of fused-ring (bicyclic) bond motifs is 1. The molecule has 1 N–H and O–H groups in total. The maximum atomic E-state index is 12.5. The average molecular weight is 411 g/mol. The van der Waals surface area contributed by atoms with Gasteiger partial charge < -0.3 is 14.8 Å². The summed E-state index contributed by atoms with van der Waals surface area (Å²) in [5.74, 6) is 0.975. The van der Waals surface area contributed by atoms with Crippen LogP contribution in [0.25, 0.3) is 11.2 Å². The second kappa shape index (κ2) is 9.92. The molecule has 2 aromatic rings. The Morgan fingerprint density at radius 3 is 2.87 bits per heavy atom. The molecule has 11 nitrogen and oxygen atoms in total. The first kappa shape index (κ1) is 20.0. The van der Waals surface area contributed by atoms with E-state index in [9.17, 15) is 4.79 Å². The topological polar surface area (TPSA) is 115 Å². The summed E-state index contributed by atoms with van der Waals surface area (Å²) >= 11 is 0. The van der Waals surface area contributed by atoms with Crippen molar-refractivity contribution in [2.75, 3.05) is 50.8 Å². The molecule has 4 rings (SSSR count). The Hall–Kier alpha value is -3.34. The van der Waals surface area contributed by atoms with Gasteiger partial charge in [-0.2, -0.15) is 10.3 Å². The SMILES string of the molecule is O=C(CCCON1C/C=C\C=C/CN=N1)N1CCN(c2ncnc3nc[nH]c23)CC1. The smallest absolute Gasteiger partial charge is 0.222 e. The fraction of sp³-hybridized carbons (Fsp3) is 0.474. The minimum atomic E-state index is 0.141. The molecule has 2 aliphatic rings. The van der Waals surface area contributed by atoms with Gasteiger partial charge in [-0.25, -0.2) is 15.0 Å². The zero-order valence-corrected chi connectivity index (χ0v) is 16.7. The van der Waals surface area contributed by atoms with Crippen molar-refractivity contribution in [3.8, 4) is 0 Å². The summed E-state index contributed by atoms with van der Waals surface area (Å²) in [6.07, 6.45) is 12.0. The number of nitrogens with one attached hydrogen (secondary N) is 1. The number of aromatic nitrogens is 4. The van der Waals surface area contributed by atoms with E-state index in [1.165, 1.54) is 11.5 Å². The molecule has 0 aromatic carbocycles. The van der Waals surface area contributed by atoms with E-state index in [2.05, 4.69) is 35.2 Å². The van der Waals surface area contributed by atoms with Gasteiger partial charge in [-0.15, -0.1) is 0 Å². The van der Waals surface area contributed by atoms with Gasteiger partial charge in [-0.3, -0.25) is 9.63 Å². The molecule has 2 aromatic heterocycles. The lowest BCUT2D eigenvalue weighted by atomic mass is 10.2. The van der Waals surface area contributed by atoms with Crippen LogP contribution in [-0.2, 0) is 9.63 Å². The highest BCUT2D eigenvalue weighted by Crippen LogP contribution is 2.21. The molecular weight excluding hydrogens is 386 g/mol. The van der Waals surface area contributed by atoms with Crippen molar-refractivity contribution < 1.29 is 9.63 Å². The Balaban J connectivity index is 1.19. The number of H-pyrrole nitrogens is 1. The highest BCUT2D eigenvalue weighted by Gasteiger charge is 2.23. The normalized spacial score (nSPS) is 19.4. The maximum absolute atomic E-state index is 12.5. The molecular formula is C19H25N9O2. The van der Waals surface area contributed by atoms with E-state index in [0.29, 0.717) is 51.3 Å². The Morgan fingerprint density at radius 2 is 1.97 bits per heavy atom. The molecule has 0 bridgehead atoms. The standard InChI is InChI=1S/C19H25N9O2/c29-16(6-5-13-30-28-8-4-2-1-3-7-24-25-28)26-9-11-27(12-10-26)19-17-18(21-14-20-17)22-15-23-19/h1-4,14-15H,5-13H2,(H,20,21,22,23)/b3-1-,4-2-,25-24?. The predicted octanol–water partition coefficient (Wildman–Crippen LogP) is 1.51. The minimum absolute atomic E-state index is 0.141. The van der Waals surface area contributed by atoms with E-state index in [4.69, 9.17) is 4.84 Å². The number of hydrogen-bond donors (Lipinski definition) is 1. The minimum Gasteiger partial charge on any atom is -0.351 e. The fourth-order valence-electron chi connectivity index (χ4n) is 3.35. The number of anilines is 1. The number of piperazine rings is 1. The van der Waals surface area contributed by atoms with E-state index in [1.807, 2.05) is 29.2 Å². The number of nitrogens with zero attached hydrogens (tertiary/aromatic N) is 8. The van der Waals surface area contributed by atoms with Crippen LogP contribution in [0.1, 0.15) is 12.8 Å². The van der Waals surface area contributed by atoms with Crippen molar-refractivity contribution in [3.63, 3.8) is 0 Å². The van der Waals surface area contributed by atoms with Gasteiger partial charge in [0.05, 0.1) is 26.0 Å². The number of hydroxylamine groups is 1. The van der Waals surface area contributed by atoms with E-state index < -0.39 is 0 Å². The van der Waals surface area contributed by atoms with Gasteiger partial charge in [0.25, 0.3) is 0 Å². The van der Waals surface area contributed by atoms with E-state index >= 15 is 0 Å². The first-order chi connectivity index (χ1) is 14.8. The first-order valence-corrected chi connectivity index (χ1v) is 10.1. The lowest BCUT2D eigenvalue weighted by Crippen LogP contribution is -2.49. The predicted molar refractivity (Wildman–Crippen MR) is 110 cm³/mol. The van der Waals surface area contributed by atoms with Crippen LogP contribution >= 0.6 is 0 Å². The maximum Gasteiger partial charge on any atom is 0.222 e. The Labute approximate surface area is 174 Å². The summed E-state index contributed by atoms with van der Waals surface area (Å²) in [4.78, 5) is 38.0. The van der Waals surface area contributed by atoms with Crippen LogP contribution < -0.4 is 4.90 Å². The van der Waals surface area contributed by atoms with Crippen LogP contribution in [0.15, 0.2) is 47.3 Å². The quantitative estimate of drug-likeness (QED) is 0.716. The molecule has 0 atom stereocenters. The highest BCUT2D eigenvalue weighted by molar-refractivity contribution is 5.83. The van der Waals surface area contributed by atoms with Crippen molar-refractivity contribution >= 4 is 22.9 Å². The number of hydrogen-bond acceptors (Lipinski definition) is 9. The van der Waals surface area contributed by atoms with Crippen LogP contribution in [0.3, 0.4) is 0 Å². The average Bonchev–Trinajstić information content (AvgIpc) is 3.30. The highest BCUT2D eigenvalue weighted by atomic mass is 16.7. The van der Waals surface area contributed by atoms with Gasteiger partial charge in [0.1, 0.15) is 11.8 Å². The zero-order valence-electron chi connectivity index (χ0n) is 16.7. The second-order valence-electron chi connectivity index (χ2n) is 6.91. The molecule has 1 amide bonds. The van der Waals surface area contributed by atoms with E-state index in [1.54, 1.807) is 6.33 Å². The molecule has 0 spiro atoms. The van der Waals surface area contributed by atoms with Crippen molar-refractivity contribution in [2.24, 2.45) is 10.3 Å². The number of allylic oxidation sites excluding steroid dienone is 2. The molecule has 4 heterocycles. The molecule has 0 radical (unpaired) electrons. The molecule has 2 aliphatic heterocycles. The molecule has 0 unspecified atom stereocenters. The van der Waals surface area contributed by atoms with Crippen LogP contribution in [0.5, 0.6) is 0 Å². The van der Waals surface area contributed by atoms with Gasteiger partial charge in [-0.1, -0.05) is 24.3 Å². The number of rotatable bonds is 6. The van der Waals surface area contributed by atoms with Gasteiger partial charge >= 0.3 is 0 Å². The van der Waals surface area contributed by atoms with Crippen LogP contribution in [-0.4, -0.2) is 81.8 Å². The van der Waals surface area contributed by atoms with Gasteiger partial charge in [0, 0.05) is 32.6 Å². The Kier molecular flexibility index (Phi) is 6.60. The third-order valence-corrected chi connectivity index (χ3v) is 4.91. The largest absolute Gasteiger partial charge is 0.351 e. The molecule has 158 valence electrons. The van der Waals surface area contributed by atoms with Gasteiger partial charge in [-0.05, 0) is 11.6 Å². The van der Waals surface area contributed by atoms with Crippen molar-refractivity contribution in [3.05, 3.63) is 37.0 Å². The third kappa shape index (κ3) is 4.98. The number of carbonyl (C=O) groups is 1. The van der Waals surface area contributed by atoms with Crippen molar-refractivity contribution in [1.82, 2.24) is 30.0 Å². The van der Waals surface area contributed by atoms with E-state index in [-0.39, 0.29) is 5.91 Å². The lowest BCUT2D eigenvalue weighted by molar-refractivity contribution is -0.160. The van der Waals surface area contributed by atoms with Crippen molar-refractivity contribution in [2.45, 2.75) is 12.8 Å².